The van der Waals surface area contributed by atoms with Gasteiger partial charge in [-0.1, -0.05) is 12.1 Å². The second-order valence-electron chi connectivity index (χ2n) is 7.15. The highest BCUT2D eigenvalue weighted by Gasteiger charge is 2.27. The monoisotopic (exact) mass is 396 g/mol. The van der Waals surface area contributed by atoms with E-state index < -0.39 is 0 Å². The van der Waals surface area contributed by atoms with E-state index in [4.69, 9.17) is 14.2 Å². The first-order chi connectivity index (χ1) is 14.0. The lowest BCUT2D eigenvalue weighted by atomic mass is 10.1. The van der Waals surface area contributed by atoms with Crippen LogP contribution in [0.4, 0.5) is 5.69 Å². The first kappa shape index (κ1) is 19.1. The van der Waals surface area contributed by atoms with Crippen molar-refractivity contribution in [2.45, 2.75) is 32.9 Å². The first-order valence-electron chi connectivity index (χ1n) is 9.79. The maximum atomic E-state index is 12.6. The molecule has 0 saturated carbocycles. The maximum Gasteiger partial charge on any atom is 0.265 e. The van der Waals surface area contributed by atoms with E-state index in [1.54, 1.807) is 12.1 Å². The molecule has 0 radical (unpaired) electrons. The number of carbonyl (C=O) groups is 2. The average molecular weight is 396 g/mol. The Labute approximate surface area is 169 Å². The van der Waals surface area contributed by atoms with Gasteiger partial charge in [-0.3, -0.25) is 14.5 Å². The number of rotatable bonds is 6. The Hall–Kier alpha value is -3.22. The summed E-state index contributed by atoms with van der Waals surface area (Å²) in [6, 6.07) is 11.1. The maximum absolute atomic E-state index is 12.6. The lowest BCUT2D eigenvalue weighted by Gasteiger charge is -2.28. The smallest absolute Gasteiger partial charge is 0.265 e. The number of para-hydroxylation sites is 2. The van der Waals surface area contributed by atoms with Crippen LogP contribution in [0.15, 0.2) is 36.4 Å². The molecule has 1 atom stereocenters. The quantitative estimate of drug-likeness (QED) is 0.812. The van der Waals surface area contributed by atoms with E-state index in [0.29, 0.717) is 24.6 Å². The van der Waals surface area contributed by atoms with Crippen LogP contribution in [0, 0.1) is 0 Å². The Balaban J connectivity index is 1.45. The van der Waals surface area contributed by atoms with Crippen molar-refractivity contribution < 1.29 is 23.8 Å². The number of ether oxygens (including phenoxy) is 3. The van der Waals surface area contributed by atoms with Crippen LogP contribution in [0.5, 0.6) is 17.2 Å². The van der Waals surface area contributed by atoms with E-state index in [1.807, 2.05) is 38.1 Å². The predicted molar refractivity (Wildman–Crippen MR) is 108 cm³/mol. The van der Waals surface area contributed by atoms with Gasteiger partial charge in [0, 0.05) is 24.1 Å². The average Bonchev–Trinajstić information content (AvgIpc) is 3.07. The molecule has 0 fully saturated rings. The molecule has 0 aromatic heterocycles. The third-order valence-corrected chi connectivity index (χ3v) is 4.96. The number of fused-ring (bicyclic) bond motifs is 2. The zero-order chi connectivity index (χ0) is 20.4. The number of carbonyl (C=O) groups excluding carboxylic acids is 2. The summed E-state index contributed by atoms with van der Waals surface area (Å²) < 4.78 is 17.0. The molecule has 0 saturated heterocycles. The molecule has 2 aliphatic rings. The molecule has 2 aliphatic heterocycles. The van der Waals surface area contributed by atoms with Crippen molar-refractivity contribution in [3.05, 3.63) is 47.5 Å². The van der Waals surface area contributed by atoms with Gasteiger partial charge in [0.2, 0.25) is 5.91 Å². The summed E-state index contributed by atoms with van der Waals surface area (Å²) in [5.41, 5.74) is 2.57. The van der Waals surface area contributed by atoms with Crippen LogP contribution in [0.2, 0.25) is 0 Å². The summed E-state index contributed by atoms with van der Waals surface area (Å²) in [5, 5.41) is 2.89. The Bertz CT molecular complexity index is 943. The fourth-order valence-corrected chi connectivity index (χ4v) is 3.63. The third kappa shape index (κ3) is 3.99. The van der Waals surface area contributed by atoms with Gasteiger partial charge in [0.25, 0.3) is 5.91 Å². The summed E-state index contributed by atoms with van der Waals surface area (Å²) in [6.07, 6.45) is 0.984. The normalized spacial score (nSPS) is 17.1. The zero-order valence-electron chi connectivity index (χ0n) is 16.6. The minimum atomic E-state index is -0.257. The van der Waals surface area contributed by atoms with Crippen LogP contribution >= 0.6 is 0 Å². The van der Waals surface area contributed by atoms with Crippen molar-refractivity contribution in [1.82, 2.24) is 5.32 Å². The van der Waals surface area contributed by atoms with Crippen LogP contribution in [-0.4, -0.2) is 37.7 Å². The first-order valence-corrected chi connectivity index (χ1v) is 9.79. The molecule has 0 bridgehead atoms. The Kier molecular flexibility index (Phi) is 5.29. The number of anilines is 1. The molecule has 2 amide bonds. The van der Waals surface area contributed by atoms with Gasteiger partial charge in [-0.25, -0.2) is 0 Å². The molecule has 1 N–H and O–H groups in total. The third-order valence-electron chi connectivity index (χ3n) is 4.96. The molecule has 1 unspecified atom stereocenters. The van der Waals surface area contributed by atoms with Gasteiger partial charge < -0.3 is 19.5 Å². The van der Waals surface area contributed by atoms with Crippen LogP contribution in [-0.2, 0) is 22.6 Å². The van der Waals surface area contributed by atoms with Crippen molar-refractivity contribution in [2.24, 2.45) is 0 Å². The molecule has 0 aliphatic carbocycles. The summed E-state index contributed by atoms with van der Waals surface area (Å²) >= 11 is 0. The molecule has 7 nitrogen and oxygen atoms in total. The van der Waals surface area contributed by atoms with Gasteiger partial charge in [0.1, 0.15) is 29.9 Å². The molecule has 2 aromatic carbocycles. The van der Waals surface area contributed by atoms with Gasteiger partial charge in [-0.2, -0.15) is 0 Å². The van der Waals surface area contributed by atoms with Crippen molar-refractivity contribution >= 4 is 17.5 Å². The molecule has 152 valence electrons. The van der Waals surface area contributed by atoms with Crippen LogP contribution in [0.3, 0.4) is 0 Å². The number of nitrogens with zero attached hydrogens (tertiary/aromatic N) is 1. The molecule has 7 heteroatoms. The van der Waals surface area contributed by atoms with Gasteiger partial charge in [-0.15, -0.1) is 0 Å². The molecule has 2 aromatic rings. The van der Waals surface area contributed by atoms with Gasteiger partial charge in [-0.05, 0) is 38.1 Å². The zero-order valence-corrected chi connectivity index (χ0v) is 16.6. The van der Waals surface area contributed by atoms with E-state index >= 15 is 0 Å². The SMILES string of the molecule is CCOc1cc2c(cc1CNC(=O)CN1C(=O)COc3ccccc31)OC(C)C2. The highest BCUT2D eigenvalue weighted by Crippen LogP contribution is 2.35. The van der Waals surface area contributed by atoms with E-state index in [2.05, 4.69) is 5.32 Å². The summed E-state index contributed by atoms with van der Waals surface area (Å²) in [5.74, 6) is 1.68. The van der Waals surface area contributed by atoms with Crippen LogP contribution < -0.4 is 24.4 Å². The van der Waals surface area contributed by atoms with Gasteiger partial charge in [0.15, 0.2) is 6.61 Å². The Morgan fingerprint density at radius 1 is 1.28 bits per heavy atom. The number of nitrogens with one attached hydrogen (secondary N) is 1. The molecular formula is C22H24N2O5. The van der Waals surface area contributed by atoms with Crippen molar-refractivity contribution in [3.8, 4) is 17.2 Å². The van der Waals surface area contributed by atoms with E-state index in [-0.39, 0.29) is 31.1 Å². The van der Waals surface area contributed by atoms with Gasteiger partial charge >= 0.3 is 0 Å². The second-order valence-corrected chi connectivity index (χ2v) is 7.15. The van der Waals surface area contributed by atoms with Crippen LogP contribution in [0.25, 0.3) is 0 Å². The van der Waals surface area contributed by atoms with Crippen LogP contribution in [0.1, 0.15) is 25.0 Å². The molecule has 2 heterocycles. The Morgan fingerprint density at radius 2 is 2.10 bits per heavy atom. The highest BCUT2D eigenvalue weighted by atomic mass is 16.5. The highest BCUT2D eigenvalue weighted by molar-refractivity contribution is 6.02. The number of hydrogen-bond donors (Lipinski definition) is 1. The summed E-state index contributed by atoms with van der Waals surface area (Å²) in [6.45, 7) is 4.64. The van der Waals surface area contributed by atoms with Crippen molar-refractivity contribution in [3.63, 3.8) is 0 Å². The van der Waals surface area contributed by atoms with E-state index in [9.17, 15) is 9.59 Å². The fraction of sp³-hybridized carbons (Fsp3) is 0.364. The number of benzene rings is 2. The fourth-order valence-electron chi connectivity index (χ4n) is 3.63. The number of hydrogen-bond acceptors (Lipinski definition) is 5. The van der Waals surface area contributed by atoms with E-state index in [1.165, 1.54) is 4.90 Å². The lowest BCUT2D eigenvalue weighted by Crippen LogP contribution is -2.45. The number of amides is 2. The van der Waals surface area contributed by atoms with Crippen molar-refractivity contribution in [1.29, 1.82) is 0 Å². The standard InChI is InChI=1S/C22H24N2O5/c1-3-27-19-9-15-8-14(2)29-20(15)10-16(19)11-23-21(25)12-24-17-6-4-5-7-18(17)28-13-22(24)26/h4-7,9-10,14H,3,8,11-13H2,1-2H3,(H,23,25). The summed E-state index contributed by atoms with van der Waals surface area (Å²) in [7, 11) is 0. The minimum Gasteiger partial charge on any atom is -0.494 e. The molecule has 4 rings (SSSR count). The minimum absolute atomic E-state index is 0.0678. The molecule has 29 heavy (non-hydrogen) atoms. The van der Waals surface area contributed by atoms with E-state index in [0.717, 1.165) is 29.0 Å². The molecule has 0 spiro atoms. The lowest BCUT2D eigenvalue weighted by molar-refractivity contribution is -0.125. The molecular weight excluding hydrogens is 372 g/mol. The largest absolute Gasteiger partial charge is 0.494 e. The Morgan fingerprint density at radius 3 is 2.93 bits per heavy atom. The topological polar surface area (TPSA) is 77.1 Å². The summed E-state index contributed by atoms with van der Waals surface area (Å²) in [4.78, 5) is 26.3. The predicted octanol–water partition coefficient (Wildman–Crippen LogP) is 2.45. The second kappa shape index (κ2) is 8.03. The van der Waals surface area contributed by atoms with Gasteiger partial charge in [0.05, 0.1) is 12.3 Å². The van der Waals surface area contributed by atoms with Crippen molar-refractivity contribution in [2.75, 3.05) is 24.7 Å².